The Labute approximate surface area is 214 Å². The first kappa shape index (κ1) is 25.4. The van der Waals surface area contributed by atoms with Gasteiger partial charge in [0.2, 0.25) is 0 Å². The van der Waals surface area contributed by atoms with Gasteiger partial charge in [0, 0.05) is 29.4 Å². The fourth-order valence-corrected chi connectivity index (χ4v) is 3.37. The Kier molecular flexibility index (Phi) is 7.19. The minimum absolute atomic E-state index is 0.292. The van der Waals surface area contributed by atoms with Gasteiger partial charge in [0.25, 0.3) is 0 Å². The van der Waals surface area contributed by atoms with Gasteiger partial charge < -0.3 is 26.1 Å². The highest BCUT2D eigenvalue weighted by Crippen LogP contribution is 2.27. The molecule has 2 amide bonds. The number of H-pyrrole nitrogens is 2. The largest absolute Gasteiger partial charge is 0.455 e. The van der Waals surface area contributed by atoms with Crippen LogP contribution in [-0.4, -0.2) is 28.4 Å². The maximum Gasteiger partial charge on any atom is 0.325 e. The number of aliphatic imine (C=N–C) groups is 1. The highest BCUT2D eigenvalue weighted by atomic mass is 16.5. The number of nitrogens with one attached hydrogen (secondary N) is 5. The van der Waals surface area contributed by atoms with E-state index in [1.165, 1.54) is 0 Å². The minimum atomic E-state index is -0.465. The van der Waals surface area contributed by atoms with E-state index in [0.717, 1.165) is 5.56 Å². The van der Waals surface area contributed by atoms with Gasteiger partial charge in [-0.15, -0.1) is 0 Å². The number of hydrogen-bond donors (Lipinski definition) is 6. The predicted octanol–water partition coefficient (Wildman–Crippen LogP) is 4.60. The van der Waals surface area contributed by atoms with E-state index >= 15 is 0 Å². The zero-order valence-electron chi connectivity index (χ0n) is 21.2. The normalized spacial score (nSPS) is 13.8. The number of carbonyl (C=O) groups excluding carboxylic acids is 1. The van der Waals surface area contributed by atoms with Crippen LogP contribution in [0.3, 0.4) is 0 Å². The number of benzene rings is 2. The zero-order valence-corrected chi connectivity index (χ0v) is 21.2. The number of hydrogen-bond acceptors (Lipinski definition) is 6. The van der Waals surface area contributed by atoms with Crippen LogP contribution in [0.15, 0.2) is 76.2 Å². The maximum atomic E-state index is 12.8. The summed E-state index contributed by atoms with van der Waals surface area (Å²) in [5.74, 6) is 1.99. The highest BCUT2D eigenvalue weighted by Gasteiger charge is 2.18. The third-order valence-electron chi connectivity index (χ3n) is 5.56. The first-order valence-electron chi connectivity index (χ1n) is 11.8. The molecule has 37 heavy (non-hydrogen) atoms. The van der Waals surface area contributed by atoms with E-state index in [1.807, 2.05) is 58.0 Å². The summed E-state index contributed by atoms with van der Waals surface area (Å²) in [6.07, 6.45) is 3.50. The third kappa shape index (κ3) is 6.69. The lowest BCUT2D eigenvalue weighted by Gasteiger charge is -2.19. The van der Waals surface area contributed by atoms with Crippen LogP contribution in [0.2, 0.25) is 0 Å². The second-order valence-corrected chi connectivity index (χ2v) is 9.67. The number of anilines is 2. The van der Waals surface area contributed by atoms with Gasteiger partial charge >= 0.3 is 11.7 Å². The molecular weight excluding hydrogens is 470 g/mol. The van der Waals surface area contributed by atoms with Crippen LogP contribution in [0.25, 0.3) is 5.76 Å². The van der Waals surface area contributed by atoms with Gasteiger partial charge in [-0.05, 0) is 49.4 Å². The molecule has 0 unspecified atom stereocenters. The third-order valence-corrected chi connectivity index (χ3v) is 5.56. The van der Waals surface area contributed by atoms with E-state index < -0.39 is 6.03 Å². The Morgan fingerprint density at radius 1 is 1.08 bits per heavy atom. The molecule has 10 nitrogen and oxygen atoms in total. The van der Waals surface area contributed by atoms with Crippen molar-refractivity contribution in [2.24, 2.45) is 16.1 Å². The molecule has 1 aliphatic heterocycles. The van der Waals surface area contributed by atoms with Crippen LogP contribution < -0.4 is 32.1 Å². The molecule has 0 spiro atoms. The fourth-order valence-electron chi connectivity index (χ4n) is 3.37. The standard InChI is InChI=1S/C27H31N7O3/c1-16-5-7-17(8-6-16)30-22(15-21(28)27(2,3)4)32-25(35)31-18-9-11-19(12-10-18)37-20-13-14-29-24-23(20)33-26(36)34-24/h5-13,15,29H,14,28H2,1-4H3,(H2,33,34,36)(H2,30,31,32,35). The molecule has 192 valence electrons. The zero-order chi connectivity index (χ0) is 26.6. The molecule has 3 aromatic rings. The van der Waals surface area contributed by atoms with Crippen molar-refractivity contribution in [3.05, 3.63) is 88.1 Å². The number of aromatic amines is 2. The monoisotopic (exact) mass is 501 g/mol. The van der Waals surface area contributed by atoms with Gasteiger partial charge in [-0.25, -0.2) is 14.6 Å². The first-order valence-corrected chi connectivity index (χ1v) is 11.8. The van der Waals surface area contributed by atoms with Crippen LogP contribution in [0.1, 0.15) is 32.0 Å². The number of allylic oxidation sites excluding steroid dienone is 1. The molecule has 10 heteroatoms. The van der Waals surface area contributed by atoms with Crippen LogP contribution in [0.5, 0.6) is 5.75 Å². The number of rotatable bonds is 5. The van der Waals surface area contributed by atoms with Crippen molar-refractivity contribution in [1.29, 1.82) is 0 Å². The number of aromatic nitrogens is 2. The average Bonchev–Trinajstić information content (AvgIpc) is 3.22. The van der Waals surface area contributed by atoms with E-state index in [2.05, 4.69) is 30.9 Å². The van der Waals surface area contributed by atoms with Gasteiger partial charge in [0.15, 0.2) is 5.76 Å². The number of amidine groups is 1. The molecule has 1 aliphatic rings. The molecule has 0 bridgehead atoms. The average molecular weight is 502 g/mol. The van der Waals surface area contributed by atoms with Crippen molar-refractivity contribution in [1.82, 2.24) is 15.3 Å². The summed E-state index contributed by atoms with van der Waals surface area (Å²) in [4.78, 5) is 34.3. The van der Waals surface area contributed by atoms with Crippen molar-refractivity contribution in [3.8, 4) is 5.75 Å². The van der Waals surface area contributed by atoms with Crippen molar-refractivity contribution in [3.63, 3.8) is 0 Å². The number of nitrogens with two attached hydrogens (primary N) is 1. The lowest BCUT2D eigenvalue weighted by Crippen LogP contribution is -2.34. The maximum absolute atomic E-state index is 12.8. The number of imidazole rings is 1. The van der Waals surface area contributed by atoms with E-state index in [9.17, 15) is 9.59 Å². The van der Waals surface area contributed by atoms with Crippen LogP contribution >= 0.6 is 0 Å². The van der Waals surface area contributed by atoms with E-state index in [-0.39, 0.29) is 11.1 Å². The Hall–Kier alpha value is -4.73. The van der Waals surface area contributed by atoms with Gasteiger partial charge in [-0.2, -0.15) is 0 Å². The molecule has 0 radical (unpaired) electrons. The van der Waals surface area contributed by atoms with Crippen LogP contribution in [-0.2, 0) is 0 Å². The SMILES string of the molecule is Cc1ccc(N=C(C=C(N)C(C)(C)C)NC(=O)Nc2ccc(OC3=CCNc4[nH]c(=O)[nH]c43)cc2)cc1. The number of nitrogens with zero attached hydrogens (tertiary/aromatic N) is 1. The lowest BCUT2D eigenvalue weighted by molar-refractivity contribution is 0.256. The predicted molar refractivity (Wildman–Crippen MR) is 147 cm³/mol. The van der Waals surface area contributed by atoms with E-state index in [0.29, 0.717) is 52.5 Å². The molecule has 7 N–H and O–H groups in total. The first-order chi connectivity index (χ1) is 17.6. The molecular formula is C27H31N7O3. The second kappa shape index (κ2) is 10.5. The van der Waals surface area contributed by atoms with Crippen LogP contribution in [0, 0.1) is 12.3 Å². The molecule has 0 atom stereocenters. The van der Waals surface area contributed by atoms with Crippen molar-refractivity contribution < 1.29 is 9.53 Å². The number of carbonyl (C=O) groups is 1. The molecule has 0 fully saturated rings. The Morgan fingerprint density at radius 2 is 1.78 bits per heavy atom. The molecule has 0 saturated carbocycles. The lowest BCUT2D eigenvalue weighted by atomic mass is 9.92. The molecule has 4 rings (SSSR count). The number of amides is 2. The second-order valence-electron chi connectivity index (χ2n) is 9.67. The number of urea groups is 1. The summed E-state index contributed by atoms with van der Waals surface area (Å²) in [7, 11) is 0. The summed E-state index contributed by atoms with van der Waals surface area (Å²) < 4.78 is 5.93. The number of ether oxygens (including phenoxy) is 1. The van der Waals surface area contributed by atoms with Gasteiger partial charge in [-0.3, -0.25) is 10.3 Å². The van der Waals surface area contributed by atoms with Crippen molar-refractivity contribution in [2.75, 3.05) is 17.2 Å². The molecule has 1 aromatic heterocycles. The molecule has 0 aliphatic carbocycles. The summed E-state index contributed by atoms with van der Waals surface area (Å²) in [6, 6.07) is 14.1. The molecule has 2 heterocycles. The molecule has 2 aromatic carbocycles. The van der Waals surface area contributed by atoms with Crippen molar-refractivity contribution >= 4 is 34.8 Å². The smallest absolute Gasteiger partial charge is 0.325 e. The minimum Gasteiger partial charge on any atom is -0.455 e. The van der Waals surface area contributed by atoms with E-state index in [1.54, 1.807) is 30.3 Å². The highest BCUT2D eigenvalue weighted by molar-refractivity contribution is 6.08. The summed E-state index contributed by atoms with van der Waals surface area (Å²) in [5.41, 5.74) is 9.14. The number of fused-ring (bicyclic) bond motifs is 1. The topological polar surface area (TPSA) is 149 Å². The van der Waals surface area contributed by atoms with Gasteiger partial charge in [-0.1, -0.05) is 38.5 Å². The molecule has 0 saturated heterocycles. The quantitative estimate of drug-likeness (QED) is 0.223. The summed E-state index contributed by atoms with van der Waals surface area (Å²) in [5, 5.41) is 8.64. The number of aryl methyl sites for hydroxylation is 1. The van der Waals surface area contributed by atoms with Gasteiger partial charge in [0.05, 0.1) is 5.69 Å². The van der Waals surface area contributed by atoms with E-state index in [4.69, 9.17) is 10.5 Å². The van der Waals surface area contributed by atoms with Crippen LogP contribution in [0.4, 0.5) is 22.0 Å². The van der Waals surface area contributed by atoms with Gasteiger partial charge in [0.1, 0.15) is 23.1 Å². The Morgan fingerprint density at radius 3 is 2.46 bits per heavy atom. The fraction of sp³-hybridized carbons (Fsp3) is 0.222. The summed E-state index contributed by atoms with van der Waals surface area (Å²) in [6.45, 7) is 8.48. The van der Waals surface area contributed by atoms with Crippen molar-refractivity contribution in [2.45, 2.75) is 27.7 Å². The Bertz CT molecular complexity index is 1420. The Balaban J connectivity index is 1.45. The summed E-state index contributed by atoms with van der Waals surface area (Å²) >= 11 is 0.